The number of ketones is 1. The van der Waals surface area contributed by atoms with Crippen molar-refractivity contribution in [2.45, 2.75) is 20.0 Å². The topological polar surface area (TPSA) is 26.3 Å². The molecule has 0 fully saturated rings. The highest BCUT2D eigenvalue weighted by atomic mass is 35.5. The van der Waals surface area contributed by atoms with Crippen LogP contribution in [0.2, 0.25) is 5.02 Å². The van der Waals surface area contributed by atoms with Crippen LogP contribution in [0.5, 0.6) is 5.75 Å². The summed E-state index contributed by atoms with van der Waals surface area (Å²) in [4.78, 5) is 11.2. The van der Waals surface area contributed by atoms with E-state index < -0.39 is 28.3 Å². The summed E-state index contributed by atoms with van der Waals surface area (Å²) in [6.45, 7) is 2.72. The van der Waals surface area contributed by atoms with Crippen LogP contribution in [0.1, 0.15) is 29.8 Å². The minimum absolute atomic E-state index is 0.0176. The Labute approximate surface area is 101 Å². The Kier molecular flexibility index (Phi) is 4.03. The third kappa shape index (κ3) is 2.91. The first-order valence-electron chi connectivity index (χ1n) is 4.82. The summed E-state index contributed by atoms with van der Waals surface area (Å²) in [5.74, 6) is -1.00. The lowest BCUT2D eigenvalue weighted by Crippen LogP contribution is -2.12. The fourth-order valence-corrected chi connectivity index (χ4v) is 1.65. The highest BCUT2D eigenvalue weighted by molar-refractivity contribution is 6.31. The highest BCUT2D eigenvalue weighted by Gasteiger charge is 2.38. The van der Waals surface area contributed by atoms with Gasteiger partial charge in [0.15, 0.2) is 5.78 Å². The van der Waals surface area contributed by atoms with E-state index in [0.717, 1.165) is 6.07 Å². The molecule has 0 aliphatic heterocycles. The second-order valence-corrected chi connectivity index (χ2v) is 3.69. The summed E-state index contributed by atoms with van der Waals surface area (Å²) in [5, 5.41) is -0.481. The molecule has 0 atom stereocenters. The van der Waals surface area contributed by atoms with Gasteiger partial charge in [0, 0.05) is 0 Å². The van der Waals surface area contributed by atoms with Crippen LogP contribution in [0.3, 0.4) is 0 Å². The number of alkyl halides is 3. The summed E-state index contributed by atoms with van der Waals surface area (Å²) in [7, 11) is 0. The van der Waals surface area contributed by atoms with Gasteiger partial charge in [0.1, 0.15) is 11.3 Å². The first-order chi connectivity index (χ1) is 7.79. The smallest absolute Gasteiger partial charge is 0.421 e. The molecule has 1 aromatic rings. The van der Waals surface area contributed by atoms with Gasteiger partial charge in [-0.25, -0.2) is 0 Å². The molecular weight excluding hydrogens is 257 g/mol. The molecular formula is C11H10ClF3O2. The molecule has 0 amide bonds. The molecule has 0 radical (unpaired) electrons. The molecule has 6 heteroatoms. The van der Waals surface area contributed by atoms with Crippen LogP contribution in [0.4, 0.5) is 13.2 Å². The first-order valence-corrected chi connectivity index (χ1v) is 5.20. The summed E-state index contributed by atoms with van der Waals surface area (Å²) >= 11 is 5.52. The quantitative estimate of drug-likeness (QED) is 0.774. The molecule has 0 saturated heterocycles. The number of halogens is 4. The second-order valence-electron chi connectivity index (χ2n) is 3.29. The number of carbonyl (C=O) groups is 1. The van der Waals surface area contributed by atoms with Gasteiger partial charge in [-0.05, 0) is 26.0 Å². The van der Waals surface area contributed by atoms with E-state index in [-0.39, 0.29) is 12.2 Å². The molecule has 17 heavy (non-hydrogen) atoms. The number of Topliss-reactive ketones (excluding diaryl/α,β-unsaturated/α-hetero) is 1. The van der Waals surface area contributed by atoms with E-state index in [1.807, 2.05) is 0 Å². The normalized spacial score (nSPS) is 11.4. The van der Waals surface area contributed by atoms with Gasteiger partial charge in [-0.1, -0.05) is 11.6 Å². The first kappa shape index (κ1) is 13.8. The Morgan fingerprint density at radius 1 is 1.41 bits per heavy atom. The third-order valence-electron chi connectivity index (χ3n) is 2.06. The monoisotopic (exact) mass is 266 g/mol. The Morgan fingerprint density at radius 2 is 2.00 bits per heavy atom. The Balaban J connectivity index is 3.54. The SMILES string of the molecule is CCOc1c(C(C)=O)ccc(Cl)c1C(F)(F)F. The van der Waals surface area contributed by atoms with Crippen molar-refractivity contribution in [2.75, 3.05) is 6.61 Å². The lowest BCUT2D eigenvalue weighted by Gasteiger charge is -2.17. The van der Waals surface area contributed by atoms with Crippen LogP contribution in [0.15, 0.2) is 12.1 Å². The molecule has 0 heterocycles. The molecule has 0 aliphatic rings. The van der Waals surface area contributed by atoms with Crippen LogP contribution in [-0.4, -0.2) is 12.4 Å². The largest absolute Gasteiger partial charge is 0.492 e. The number of benzene rings is 1. The van der Waals surface area contributed by atoms with E-state index in [9.17, 15) is 18.0 Å². The van der Waals surface area contributed by atoms with Crippen LogP contribution in [-0.2, 0) is 6.18 Å². The van der Waals surface area contributed by atoms with Gasteiger partial charge in [-0.2, -0.15) is 13.2 Å². The maximum atomic E-state index is 12.8. The van der Waals surface area contributed by atoms with Gasteiger partial charge in [-0.3, -0.25) is 4.79 Å². The number of carbonyl (C=O) groups excluding carboxylic acids is 1. The zero-order valence-electron chi connectivity index (χ0n) is 9.19. The fraction of sp³-hybridized carbons (Fsp3) is 0.364. The molecule has 0 N–H and O–H groups in total. The molecule has 0 aliphatic carbocycles. The average Bonchev–Trinajstić information content (AvgIpc) is 2.15. The number of rotatable bonds is 3. The average molecular weight is 267 g/mol. The molecule has 0 bridgehead atoms. The van der Waals surface area contributed by atoms with Crippen molar-refractivity contribution in [3.63, 3.8) is 0 Å². The molecule has 0 unspecified atom stereocenters. The molecule has 0 aromatic heterocycles. The third-order valence-corrected chi connectivity index (χ3v) is 2.37. The van der Waals surface area contributed by atoms with Crippen molar-refractivity contribution < 1.29 is 22.7 Å². The van der Waals surface area contributed by atoms with Gasteiger partial charge in [0.25, 0.3) is 0 Å². The van der Waals surface area contributed by atoms with E-state index in [1.54, 1.807) is 0 Å². The molecule has 2 nitrogen and oxygen atoms in total. The molecule has 0 saturated carbocycles. The minimum atomic E-state index is -4.66. The van der Waals surface area contributed by atoms with Gasteiger partial charge in [-0.15, -0.1) is 0 Å². The Morgan fingerprint density at radius 3 is 2.41 bits per heavy atom. The van der Waals surface area contributed by atoms with Crippen molar-refractivity contribution in [3.05, 3.63) is 28.3 Å². The maximum Gasteiger partial charge on any atom is 0.421 e. The van der Waals surface area contributed by atoms with Crippen LogP contribution >= 0.6 is 11.6 Å². The summed E-state index contributed by atoms with van der Waals surface area (Å²) in [6.07, 6.45) is -4.66. The van der Waals surface area contributed by atoms with Crippen molar-refractivity contribution in [2.24, 2.45) is 0 Å². The second kappa shape index (κ2) is 4.96. The molecule has 0 spiro atoms. The van der Waals surface area contributed by atoms with Crippen molar-refractivity contribution in [1.82, 2.24) is 0 Å². The number of ether oxygens (including phenoxy) is 1. The summed E-state index contributed by atoms with van der Waals surface area (Å²) in [6, 6.07) is 2.27. The van der Waals surface area contributed by atoms with E-state index in [1.165, 1.54) is 19.9 Å². The number of hydrogen-bond acceptors (Lipinski definition) is 2. The lowest BCUT2D eigenvalue weighted by molar-refractivity contribution is -0.138. The van der Waals surface area contributed by atoms with E-state index >= 15 is 0 Å². The van der Waals surface area contributed by atoms with Gasteiger partial charge in [0.2, 0.25) is 0 Å². The van der Waals surface area contributed by atoms with Gasteiger partial charge >= 0.3 is 6.18 Å². The van der Waals surface area contributed by atoms with E-state index in [0.29, 0.717) is 0 Å². The van der Waals surface area contributed by atoms with Crippen molar-refractivity contribution in [3.8, 4) is 5.75 Å². The summed E-state index contributed by atoms with van der Waals surface area (Å²) < 4.78 is 43.3. The predicted molar refractivity (Wildman–Crippen MR) is 57.6 cm³/mol. The van der Waals surface area contributed by atoms with Gasteiger partial charge < -0.3 is 4.74 Å². The zero-order chi connectivity index (χ0) is 13.2. The van der Waals surface area contributed by atoms with Crippen molar-refractivity contribution in [1.29, 1.82) is 0 Å². The maximum absolute atomic E-state index is 12.8. The standard InChI is InChI=1S/C11H10ClF3O2/c1-3-17-10-7(6(2)16)4-5-8(12)9(10)11(13,14)15/h4-5H,3H2,1-2H3. The number of hydrogen-bond donors (Lipinski definition) is 0. The molecule has 94 valence electrons. The minimum Gasteiger partial charge on any atom is -0.492 e. The van der Waals surface area contributed by atoms with Gasteiger partial charge in [0.05, 0.1) is 17.2 Å². The van der Waals surface area contributed by atoms with E-state index in [2.05, 4.69) is 0 Å². The van der Waals surface area contributed by atoms with E-state index in [4.69, 9.17) is 16.3 Å². The summed E-state index contributed by atoms with van der Waals surface area (Å²) in [5.41, 5.74) is -1.22. The highest BCUT2D eigenvalue weighted by Crippen LogP contribution is 2.42. The lowest BCUT2D eigenvalue weighted by atomic mass is 10.1. The van der Waals surface area contributed by atoms with Crippen molar-refractivity contribution >= 4 is 17.4 Å². The Hall–Kier alpha value is -1.23. The molecule has 1 rings (SSSR count). The van der Waals surface area contributed by atoms with Crippen LogP contribution in [0, 0.1) is 0 Å². The predicted octanol–water partition coefficient (Wildman–Crippen LogP) is 3.96. The van der Waals surface area contributed by atoms with Crippen LogP contribution < -0.4 is 4.74 Å². The fourth-order valence-electron chi connectivity index (χ4n) is 1.39. The molecule has 1 aromatic carbocycles. The zero-order valence-corrected chi connectivity index (χ0v) is 9.95. The Bertz CT molecular complexity index is 441. The van der Waals surface area contributed by atoms with Crippen LogP contribution in [0.25, 0.3) is 0 Å².